The summed E-state index contributed by atoms with van der Waals surface area (Å²) < 4.78 is 5.69. The Labute approximate surface area is 108 Å². The zero-order valence-electron chi connectivity index (χ0n) is 11.0. The Kier molecular flexibility index (Phi) is 3.28. The lowest BCUT2D eigenvalue weighted by Crippen LogP contribution is -2.10. The second kappa shape index (κ2) is 4.73. The standard InChI is InChI=1S/C16H18O2/c1-16(2,3)12-7-6-8-13(11-12)18-15-10-5-4-9-14(15)17/h4-11,17H,1-3H3. The van der Waals surface area contributed by atoms with Crippen molar-refractivity contribution in [2.45, 2.75) is 26.2 Å². The Bertz CT molecular complexity index is 539. The fourth-order valence-corrected chi connectivity index (χ4v) is 1.70. The van der Waals surface area contributed by atoms with Gasteiger partial charge in [-0.25, -0.2) is 0 Å². The average molecular weight is 242 g/mol. The number of rotatable bonds is 2. The van der Waals surface area contributed by atoms with Crippen molar-refractivity contribution in [3.63, 3.8) is 0 Å². The van der Waals surface area contributed by atoms with E-state index in [4.69, 9.17) is 4.74 Å². The third-order valence-corrected chi connectivity index (χ3v) is 2.79. The Morgan fingerprint density at radius 2 is 1.67 bits per heavy atom. The second-order valence-corrected chi connectivity index (χ2v) is 5.35. The van der Waals surface area contributed by atoms with Crippen LogP contribution in [0.15, 0.2) is 48.5 Å². The third kappa shape index (κ3) is 2.83. The van der Waals surface area contributed by atoms with Crippen LogP contribution >= 0.6 is 0 Å². The normalized spacial score (nSPS) is 11.3. The Balaban J connectivity index is 2.28. The highest BCUT2D eigenvalue weighted by Crippen LogP contribution is 2.32. The van der Waals surface area contributed by atoms with E-state index in [1.807, 2.05) is 24.3 Å². The Morgan fingerprint density at radius 1 is 0.944 bits per heavy atom. The van der Waals surface area contributed by atoms with Crippen LogP contribution in [0.4, 0.5) is 0 Å². The number of ether oxygens (including phenoxy) is 1. The molecule has 2 nitrogen and oxygen atoms in total. The number of aromatic hydroxyl groups is 1. The summed E-state index contributed by atoms with van der Waals surface area (Å²) in [6, 6.07) is 14.9. The van der Waals surface area contributed by atoms with Crippen molar-refractivity contribution in [1.29, 1.82) is 0 Å². The van der Waals surface area contributed by atoms with Crippen molar-refractivity contribution in [2.24, 2.45) is 0 Å². The van der Waals surface area contributed by atoms with Gasteiger partial charge in [-0.05, 0) is 35.2 Å². The quantitative estimate of drug-likeness (QED) is 0.841. The molecule has 0 saturated heterocycles. The molecule has 0 saturated carbocycles. The SMILES string of the molecule is CC(C)(C)c1cccc(Oc2ccccc2O)c1. The molecular weight excluding hydrogens is 224 g/mol. The molecule has 0 bridgehead atoms. The summed E-state index contributed by atoms with van der Waals surface area (Å²) in [6.45, 7) is 6.48. The maximum Gasteiger partial charge on any atom is 0.169 e. The fraction of sp³-hybridized carbons (Fsp3) is 0.250. The molecule has 0 spiro atoms. The zero-order valence-corrected chi connectivity index (χ0v) is 11.0. The van der Waals surface area contributed by atoms with Crippen molar-refractivity contribution in [2.75, 3.05) is 0 Å². The molecule has 1 N–H and O–H groups in total. The van der Waals surface area contributed by atoms with Gasteiger partial charge in [0.2, 0.25) is 0 Å². The fourth-order valence-electron chi connectivity index (χ4n) is 1.70. The molecule has 2 aromatic rings. The van der Waals surface area contributed by atoms with Crippen LogP contribution in [-0.4, -0.2) is 5.11 Å². The van der Waals surface area contributed by atoms with Crippen molar-refractivity contribution in [3.05, 3.63) is 54.1 Å². The van der Waals surface area contributed by atoms with Gasteiger partial charge in [-0.1, -0.05) is 45.0 Å². The molecule has 18 heavy (non-hydrogen) atoms. The Hall–Kier alpha value is -1.96. The summed E-state index contributed by atoms with van der Waals surface area (Å²) in [5.41, 5.74) is 1.29. The van der Waals surface area contributed by atoms with Gasteiger partial charge in [-0.3, -0.25) is 0 Å². The van der Waals surface area contributed by atoms with Crippen LogP contribution < -0.4 is 4.74 Å². The third-order valence-electron chi connectivity index (χ3n) is 2.79. The van der Waals surface area contributed by atoms with Gasteiger partial charge in [0.25, 0.3) is 0 Å². The molecule has 0 aliphatic heterocycles. The van der Waals surface area contributed by atoms with Crippen LogP contribution in [0.3, 0.4) is 0 Å². The molecule has 0 aliphatic carbocycles. The molecule has 0 aliphatic rings. The van der Waals surface area contributed by atoms with Gasteiger partial charge in [-0.2, -0.15) is 0 Å². The van der Waals surface area contributed by atoms with E-state index in [0.717, 1.165) is 5.75 Å². The van der Waals surface area contributed by atoms with Crippen molar-refractivity contribution < 1.29 is 9.84 Å². The maximum absolute atomic E-state index is 9.68. The number of hydrogen-bond donors (Lipinski definition) is 1. The number of benzene rings is 2. The second-order valence-electron chi connectivity index (χ2n) is 5.35. The van der Waals surface area contributed by atoms with E-state index in [9.17, 15) is 5.11 Å². The molecule has 0 fully saturated rings. The van der Waals surface area contributed by atoms with Crippen LogP contribution in [0.2, 0.25) is 0 Å². The van der Waals surface area contributed by atoms with Gasteiger partial charge in [0.1, 0.15) is 5.75 Å². The van der Waals surface area contributed by atoms with Crippen LogP contribution in [-0.2, 0) is 5.41 Å². The van der Waals surface area contributed by atoms with E-state index >= 15 is 0 Å². The van der Waals surface area contributed by atoms with E-state index in [-0.39, 0.29) is 11.2 Å². The van der Waals surface area contributed by atoms with Gasteiger partial charge in [0, 0.05) is 0 Å². The van der Waals surface area contributed by atoms with E-state index in [1.165, 1.54) is 5.56 Å². The zero-order chi connectivity index (χ0) is 13.2. The molecule has 0 heterocycles. The monoisotopic (exact) mass is 242 g/mol. The van der Waals surface area contributed by atoms with Crippen molar-refractivity contribution in [1.82, 2.24) is 0 Å². The first kappa shape index (κ1) is 12.5. The largest absolute Gasteiger partial charge is 0.504 e. The number of phenolic OH excluding ortho intramolecular Hbond substituents is 1. The van der Waals surface area contributed by atoms with E-state index in [1.54, 1.807) is 18.2 Å². The minimum Gasteiger partial charge on any atom is -0.504 e. The van der Waals surface area contributed by atoms with Crippen LogP contribution in [0.5, 0.6) is 17.2 Å². The summed E-state index contributed by atoms with van der Waals surface area (Å²) in [7, 11) is 0. The summed E-state index contributed by atoms with van der Waals surface area (Å²) in [4.78, 5) is 0. The highest BCUT2D eigenvalue weighted by atomic mass is 16.5. The highest BCUT2D eigenvalue weighted by molar-refractivity contribution is 5.42. The predicted octanol–water partition coefficient (Wildman–Crippen LogP) is 4.48. The van der Waals surface area contributed by atoms with Crippen molar-refractivity contribution in [3.8, 4) is 17.2 Å². The molecule has 0 aromatic heterocycles. The smallest absolute Gasteiger partial charge is 0.169 e. The molecule has 0 atom stereocenters. The lowest BCUT2D eigenvalue weighted by molar-refractivity contribution is 0.410. The van der Waals surface area contributed by atoms with Gasteiger partial charge in [0.15, 0.2) is 11.5 Å². The number of para-hydroxylation sites is 2. The summed E-state index contributed by atoms with van der Waals surface area (Å²) >= 11 is 0. The minimum atomic E-state index is 0.0815. The van der Waals surface area contributed by atoms with Crippen LogP contribution in [0.25, 0.3) is 0 Å². The first-order valence-corrected chi connectivity index (χ1v) is 6.03. The van der Waals surface area contributed by atoms with Crippen LogP contribution in [0.1, 0.15) is 26.3 Å². The topological polar surface area (TPSA) is 29.5 Å². The highest BCUT2D eigenvalue weighted by Gasteiger charge is 2.14. The number of phenols is 1. The summed E-state index contributed by atoms with van der Waals surface area (Å²) in [6.07, 6.45) is 0. The van der Waals surface area contributed by atoms with Gasteiger partial charge in [0.05, 0.1) is 0 Å². The van der Waals surface area contributed by atoms with Crippen molar-refractivity contribution >= 4 is 0 Å². The molecule has 0 amide bonds. The lowest BCUT2D eigenvalue weighted by Gasteiger charge is -2.19. The van der Waals surface area contributed by atoms with Gasteiger partial charge >= 0.3 is 0 Å². The lowest BCUT2D eigenvalue weighted by atomic mass is 9.87. The predicted molar refractivity (Wildman–Crippen MR) is 73.3 cm³/mol. The van der Waals surface area contributed by atoms with E-state index in [0.29, 0.717) is 5.75 Å². The number of hydrogen-bond acceptors (Lipinski definition) is 2. The van der Waals surface area contributed by atoms with Gasteiger partial charge < -0.3 is 9.84 Å². The van der Waals surface area contributed by atoms with Crippen LogP contribution in [0, 0.1) is 0 Å². The molecule has 2 aromatic carbocycles. The minimum absolute atomic E-state index is 0.0815. The first-order chi connectivity index (χ1) is 8.47. The van der Waals surface area contributed by atoms with Gasteiger partial charge in [-0.15, -0.1) is 0 Å². The molecule has 94 valence electrons. The Morgan fingerprint density at radius 3 is 2.33 bits per heavy atom. The molecular formula is C16H18O2. The molecule has 2 rings (SSSR count). The molecule has 0 unspecified atom stereocenters. The molecule has 0 radical (unpaired) electrons. The van der Waals surface area contributed by atoms with E-state index in [2.05, 4.69) is 26.8 Å². The van der Waals surface area contributed by atoms with E-state index < -0.39 is 0 Å². The first-order valence-electron chi connectivity index (χ1n) is 6.03. The summed E-state index contributed by atoms with van der Waals surface area (Å²) in [5, 5.41) is 9.68. The maximum atomic E-state index is 9.68. The average Bonchev–Trinajstić information content (AvgIpc) is 2.31. The molecule has 2 heteroatoms. The summed E-state index contributed by atoms with van der Waals surface area (Å²) in [5.74, 6) is 1.37.